The second kappa shape index (κ2) is 13.8. The average molecular weight is 568 g/mol. The molecule has 2 rings (SSSR count). The van der Waals surface area contributed by atoms with Gasteiger partial charge in [0.1, 0.15) is 36.8 Å². The van der Waals surface area contributed by atoms with Gasteiger partial charge in [-0.3, -0.25) is 18.9 Å². The molecule has 0 amide bonds. The Morgan fingerprint density at radius 1 is 1.11 bits per heavy atom. The molecule has 208 valence electrons. The Bertz CT molecular complexity index is 1050. The van der Waals surface area contributed by atoms with Gasteiger partial charge in [-0.05, 0) is 0 Å². The first-order valence-electron chi connectivity index (χ1n) is 9.69. The predicted octanol–water partition coefficient (Wildman–Crippen LogP) is -4.97. The number of phosphoric ester groups is 1. The van der Waals surface area contributed by atoms with Crippen molar-refractivity contribution in [2.24, 2.45) is 0 Å². The summed E-state index contributed by atoms with van der Waals surface area (Å²) < 4.78 is 35.6. The largest absolute Gasteiger partial charge is 0.481 e. The van der Waals surface area contributed by atoms with Crippen LogP contribution in [0.5, 0.6) is 0 Å². The second-order valence-electron chi connectivity index (χ2n) is 7.11. The Morgan fingerprint density at radius 2 is 1.72 bits per heavy atom. The van der Waals surface area contributed by atoms with Gasteiger partial charge in [0.15, 0.2) is 6.23 Å². The number of hydrogen-bond acceptors (Lipinski definition) is 14. The molecule has 1 aliphatic rings. The van der Waals surface area contributed by atoms with Crippen molar-refractivity contribution >= 4 is 21.9 Å². The zero-order valence-electron chi connectivity index (χ0n) is 18.0. The topological polar surface area (TPSA) is 316 Å². The van der Waals surface area contributed by atoms with Crippen molar-refractivity contribution in [2.75, 3.05) is 13.2 Å². The van der Waals surface area contributed by atoms with E-state index in [1.165, 1.54) is 0 Å². The summed E-state index contributed by atoms with van der Waals surface area (Å²) in [6, 6.07) is 0.962. The van der Waals surface area contributed by atoms with Gasteiger partial charge in [-0.15, -0.1) is 0 Å². The lowest BCUT2D eigenvalue weighted by Crippen LogP contribution is -2.39. The number of aliphatic hydroxyl groups excluding tert-OH is 6. The average Bonchev–Trinajstić information content (AvgIpc) is 3.04. The van der Waals surface area contributed by atoms with E-state index in [9.17, 15) is 33.7 Å². The molecule has 0 aliphatic carbocycles. The van der Waals surface area contributed by atoms with Crippen LogP contribution in [0.15, 0.2) is 21.9 Å². The highest BCUT2D eigenvalue weighted by Crippen LogP contribution is 2.57. The lowest BCUT2D eigenvalue weighted by atomic mass is 10.1. The molecule has 1 fully saturated rings. The van der Waals surface area contributed by atoms with Crippen LogP contribution >= 0.6 is 15.6 Å². The summed E-state index contributed by atoms with van der Waals surface area (Å²) in [4.78, 5) is 60.5. The number of H-pyrrole nitrogens is 1. The summed E-state index contributed by atoms with van der Waals surface area (Å²) in [6.45, 7) is -1.54. The number of rotatable bonds is 11. The maximum atomic E-state index is 11.7. The lowest BCUT2D eigenvalue weighted by molar-refractivity contribution is -0.115. The molecule has 19 nitrogen and oxygen atoms in total. The van der Waals surface area contributed by atoms with Crippen LogP contribution in [0.25, 0.3) is 0 Å². The molecule has 1 saturated heterocycles. The number of aromatic amines is 1. The van der Waals surface area contributed by atoms with E-state index >= 15 is 0 Å². The fraction of sp³-hybridized carbons (Fsp3) is 0.667. The molecule has 0 spiro atoms. The predicted molar refractivity (Wildman–Crippen MR) is 112 cm³/mol. The number of phosphoric acid groups is 2. The van der Waals surface area contributed by atoms with Gasteiger partial charge >= 0.3 is 21.3 Å². The standard InChI is InChI=1S/C9H14N2O12P2.C6H12O5/c12-5-1-2-11(9(15)10-5)8-7(14)6(13)4(22-8)3-21-25(19,20)23-24(16,17)18;7-2-1-4(9)6(11)5(10)3-8/h1-2,4,6-8,13-14H,3H2,(H,19,20)(H,10,12,15)(H2,16,17,18);2,4-6,8-11H,1,3H2/t4-,6-,7-,8-;4-,5-,6+/m11/s1. The first kappa shape index (κ1) is 32.4. The Labute approximate surface area is 200 Å². The van der Waals surface area contributed by atoms with Crippen molar-refractivity contribution in [3.05, 3.63) is 33.1 Å². The van der Waals surface area contributed by atoms with Gasteiger partial charge in [-0.1, -0.05) is 0 Å². The monoisotopic (exact) mass is 568 g/mol. The molecule has 21 heteroatoms. The second-order valence-corrected chi connectivity index (χ2v) is 9.94. The minimum Gasteiger partial charge on any atom is -0.394 e. The van der Waals surface area contributed by atoms with Crippen LogP contribution in [-0.4, -0.2) is 111 Å². The van der Waals surface area contributed by atoms with Gasteiger partial charge in [0.05, 0.1) is 19.3 Å². The van der Waals surface area contributed by atoms with E-state index < -0.39 is 83.0 Å². The van der Waals surface area contributed by atoms with Crippen LogP contribution < -0.4 is 11.2 Å². The molecule has 1 aromatic rings. The molecule has 0 bridgehead atoms. The Hall–Kier alpha value is -1.67. The number of aromatic nitrogens is 2. The minimum absolute atomic E-state index is 0.252. The first-order chi connectivity index (χ1) is 16.5. The van der Waals surface area contributed by atoms with Gasteiger partial charge in [0.2, 0.25) is 0 Å². The van der Waals surface area contributed by atoms with Gasteiger partial charge in [-0.2, -0.15) is 4.31 Å². The molecule has 8 atom stereocenters. The van der Waals surface area contributed by atoms with Crippen molar-refractivity contribution in [1.82, 2.24) is 9.55 Å². The number of nitrogens with zero attached hydrogens (tertiary/aromatic N) is 1. The van der Waals surface area contributed by atoms with Gasteiger partial charge in [0.25, 0.3) is 5.56 Å². The smallest absolute Gasteiger partial charge is 0.394 e. The minimum atomic E-state index is -5.32. The van der Waals surface area contributed by atoms with E-state index in [1.807, 2.05) is 4.98 Å². The zero-order chi connectivity index (χ0) is 27.8. The Balaban J connectivity index is 0.000000497. The van der Waals surface area contributed by atoms with Crippen LogP contribution in [0.3, 0.4) is 0 Å². The Morgan fingerprint density at radius 3 is 2.22 bits per heavy atom. The molecule has 1 unspecified atom stereocenters. The molecular formula is C15H26N2O17P2. The van der Waals surface area contributed by atoms with Crippen LogP contribution in [0.2, 0.25) is 0 Å². The highest BCUT2D eigenvalue weighted by molar-refractivity contribution is 7.60. The molecule has 0 radical (unpaired) electrons. The van der Waals surface area contributed by atoms with Crippen molar-refractivity contribution in [3.8, 4) is 0 Å². The van der Waals surface area contributed by atoms with Crippen LogP contribution in [0, 0.1) is 0 Å². The van der Waals surface area contributed by atoms with Crippen LogP contribution in [-0.2, 0) is 27.5 Å². The highest BCUT2D eigenvalue weighted by atomic mass is 31.3. The molecule has 1 aromatic heterocycles. The third-order valence-electron chi connectivity index (χ3n) is 4.39. The number of nitrogens with one attached hydrogen (secondary N) is 1. The zero-order valence-corrected chi connectivity index (χ0v) is 19.8. The fourth-order valence-corrected chi connectivity index (χ4v) is 4.25. The summed E-state index contributed by atoms with van der Waals surface area (Å²) in [5.74, 6) is 0. The lowest BCUT2D eigenvalue weighted by Gasteiger charge is -2.19. The van der Waals surface area contributed by atoms with E-state index in [2.05, 4.69) is 8.83 Å². The van der Waals surface area contributed by atoms with Crippen LogP contribution in [0.1, 0.15) is 12.6 Å². The fourth-order valence-electron chi connectivity index (χ4n) is 2.65. The van der Waals surface area contributed by atoms with Crippen molar-refractivity contribution in [1.29, 1.82) is 0 Å². The van der Waals surface area contributed by atoms with E-state index in [0.717, 1.165) is 16.8 Å². The molecular weight excluding hydrogens is 542 g/mol. The van der Waals surface area contributed by atoms with Gasteiger partial charge in [-0.25, -0.2) is 13.9 Å². The van der Waals surface area contributed by atoms with Gasteiger partial charge in [0, 0.05) is 18.7 Å². The first-order valence-corrected chi connectivity index (χ1v) is 12.7. The summed E-state index contributed by atoms with van der Waals surface area (Å²) in [7, 11) is -10.5. The van der Waals surface area contributed by atoms with Gasteiger partial charge < -0.3 is 54.9 Å². The maximum Gasteiger partial charge on any atom is 0.481 e. The quantitative estimate of drug-likeness (QED) is 0.0882. The summed E-state index contributed by atoms with van der Waals surface area (Å²) in [5.41, 5.74) is -1.65. The van der Waals surface area contributed by atoms with Crippen LogP contribution in [0.4, 0.5) is 0 Å². The molecule has 1 aliphatic heterocycles. The highest BCUT2D eigenvalue weighted by Gasteiger charge is 2.45. The Kier molecular flexibility index (Phi) is 12.4. The van der Waals surface area contributed by atoms with Crippen molar-refractivity contribution < 1.29 is 72.8 Å². The van der Waals surface area contributed by atoms with Crippen molar-refractivity contribution in [2.45, 2.75) is 49.3 Å². The third-order valence-corrected chi connectivity index (χ3v) is 6.54. The summed E-state index contributed by atoms with van der Waals surface area (Å²) in [5, 5.41) is 54.6. The summed E-state index contributed by atoms with van der Waals surface area (Å²) in [6.07, 6.45) is -9.25. The van der Waals surface area contributed by atoms with Crippen molar-refractivity contribution in [3.63, 3.8) is 0 Å². The van der Waals surface area contributed by atoms with E-state index in [4.69, 9.17) is 39.8 Å². The third kappa shape index (κ3) is 10.0. The molecule has 2 heterocycles. The molecule has 10 N–H and O–H groups in total. The van der Waals surface area contributed by atoms with E-state index in [-0.39, 0.29) is 6.42 Å². The molecule has 36 heavy (non-hydrogen) atoms. The SMILES string of the molecule is O=CC[C@@H](O)[C@H](O)[C@H](O)CO.O=c1ccn([C@@H]2O[C@H](COP(=O)(O)OP(=O)(O)O)[C@@H](O)[C@H]2O)c(=O)[nH]1. The number of aliphatic hydroxyl groups is 6. The number of carbonyl (C=O) groups excluding carboxylic acids is 1. The molecule has 0 saturated carbocycles. The maximum absolute atomic E-state index is 11.7. The number of hydrogen-bond donors (Lipinski definition) is 10. The van der Waals surface area contributed by atoms with E-state index in [1.54, 1.807) is 0 Å². The normalized spacial score (nSPS) is 26.2. The number of aldehydes is 1. The number of carbonyl (C=O) groups is 1. The summed E-state index contributed by atoms with van der Waals surface area (Å²) >= 11 is 0. The molecule has 0 aromatic carbocycles. The number of ether oxygens (including phenoxy) is 1. The van der Waals surface area contributed by atoms with E-state index in [0.29, 0.717) is 6.29 Å².